The highest BCUT2D eigenvalue weighted by molar-refractivity contribution is 5.45. The largest absolute Gasteiger partial charge is 0.382 e. The van der Waals surface area contributed by atoms with Gasteiger partial charge in [-0.1, -0.05) is 56.3 Å². The summed E-state index contributed by atoms with van der Waals surface area (Å²) in [4.78, 5) is 0. The first-order chi connectivity index (χ1) is 8.59. The van der Waals surface area contributed by atoms with Crippen molar-refractivity contribution in [3.8, 4) is 0 Å². The molecule has 18 heavy (non-hydrogen) atoms. The predicted octanol–water partition coefficient (Wildman–Crippen LogP) is 4.22. The fourth-order valence-corrected chi connectivity index (χ4v) is 1.91. The Morgan fingerprint density at radius 2 is 1.56 bits per heavy atom. The van der Waals surface area contributed by atoms with E-state index in [1.54, 1.807) is 12.1 Å². The van der Waals surface area contributed by atoms with Crippen LogP contribution in [0.4, 0.5) is 10.1 Å². The molecule has 2 rings (SSSR count). The maximum Gasteiger partial charge on any atom is 0.146 e. The molecule has 0 atom stereocenters. The number of rotatable bonds is 4. The Balaban J connectivity index is 2.08. The van der Waals surface area contributed by atoms with Crippen molar-refractivity contribution in [2.45, 2.75) is 19.3 Å². The zero-order valence-corrected chi connectivity index (χ0v) is 10.8. The van der Waals surface area contributed by atoms with E-state index in [0.717, 1.165) is 0 Å². The van der Waals surface area contributed by atoms with E-state index in [2.05, 4.69) is 31.3 Å². The molecular weight excluding hydrogens is 225 g/mol. The Labute approximate surface area is 108 Å². The van der Waals surface area contributed by atoms with E-state index in [0.29, 0.717) is 12.2 Å². The van der Waals surface area contributed by atoms with Crippen molar-refractivity contribution in [3.63, 3.8) is 0 Å². The van der Waals surface area contributed by atoms with E-state index in [1.165, 1.54) is 11.6 Å². The normalized spacial score (nSPS) is 11.3. The van der Waals surface area contributed by atoms with Crippen molar-refractivity contribution >= 4 is 5.69 Å². The summed E-state index contributed by atoms with van der Waals surface area (Å²) in [5.41, 5.74) is 1.76. The molecule has 0 saturated carbocycles. The Hall–Kier alpha value is -1.83. The van der Waals surface area contributed by atoms with Gasteiger partial charge >= 0.3 is 0 Å². The van der Waals surface area contributed by atoms with Crippen molar-refractivity contribution in [1.82, 2.24) is 0 Å². The minimum atomic E-state index is -0.207. The van der Waals surface area contributed by atoms with E-state index < -0.39 is 0 Å². The molecule has 0 unspecified atom stereocenters. The molecule has 2 heteroatoms. The van der Waals surface area contributed by atoms with Crippen LogP contribution in [0.1, 0.15) is 19.4 Å². The van der Waals surface area contributed by atoms with Crippen molar-refractivity contribution in [1.29, 1.82) is 0 Å². The summed E-state index contributed by atoms with van der Waals surface area (Å²) >= 11 is 0. The van der Waals surface area contributed by atoms with Crippen molar-refractivity contribution in [2.24, 2.45) is 0 Å². The molecule has 1 N–H and O–H groups in total. The molecule has 2 aromatic rings. The number of para-hydroxylation sites is 1. The average molecular weight is 243 g/mol. The lowest BCUT2D eigenvalue weighted by atomic mass is 9.84. The van der Waals surface area contributed by atoms with Gasteiger partial charge in [-0.05, 0) is 17.7 Å². The molecule has 0 heterocycles. The monoisotopic (exact) mass is 243 g/mol. The summed E-state index contributed by atoms with van der Waals surface area (Å²) in [5, 5.41) is 3.18. The SMILES string of the molecule is CC(C)(CNc1ccccc1F)c1ccccc1. The molecule has 0 fully saturated rings. The molecule has 94 valence electrons. The fourth-order valence-electron chi connectivity index (χ4n) is 1.91. The molecule has 0 amide bonds. The smallest absolute Gasteiger partial charge is 0.146 e. The molecule has 0 aromatic heterocycles. The summed E-state index contributed by atoms with van der Waals surface area (Å²) in [7, 11) is 0. The van der Waals surface area contributed by atoms with Crippen LogP contribution in [0.2, 0.25) is 0 Å². The summed E-state index contributed by atoms with van der Waals surface area (Å²) < 4.78 is 13.5. The molecule has 0 radical (unpaired) electrons. The Morgan fingerprint density at radius 3 is 2.22 bits per heavy atom. The lowest BCUT2D eigenvalue weighted by Crippen LogP contribution is -2.27. The van der Waals surface area contributed by atoms with Crippen LogP contribution in [-0.2, 0) is 5.41 Å². The van der Waals surface area contributed by atoms with Crippen molar-refractivity contribution in [2.75, 3.05) is 11.9 Å². The molecule has 1 nitrogen and oxygen atoms in total. The van der Waals surface area contributed by atoms with Gasteiger partial charge in [0.25, 0.3) is 0 Å². The van der Waals surface area contributed by atoms with Crippen molar-refractivity contribution < 1.29 is 4.39 Å². The van der Waals surface area contributed by atoms with E-state index >= 15 is 0 Å². The molecule has 0 bridgehead atoms. The van der Waals surface area contributed by atoms with E-state index in [1.807, 2.05) is 24.3 Å². The Morgan fingerprint density at radius 1 is 0.944 bits per heavy atom. The van der Waals surface area contributed by atoms with Gasteiger partial charge in [-0.2, -0.15) is 0 Å². The zero-order valence-electron chi connectivity index (χ0n) is 10.8. The van der Waals surface area contributed by atoms with E-state index in [4.69, 9.17) is 0 Å². The summed E-state index contributed by atoms with van der Waals surface area (Å²) in [6.45, 7) is 4.99. The van der Waals surface area contributed by atoms with Crippen LogP contribution < -0.4 is 5.32 Å². The van der Waals surface area contributed by atoms with Crippen LogP contribution in [0.3, 0.4) is 0 Å². The topological polar surface area (TPSA) is 12.0 Å². The Bertz CT molecular complexity index is 506. The van der Waals surface area contributed by atoms with Crippen LogP contribution in [0, 0.1) is 5.82 Å². The van der Waals surface area contributed by atoms with Crippen LogP contribution in [0.15, 0.2) is 54.6 Å². The molecule has 0 aliphatic carbocycles. The maximum absolute atomic E-state index is 13.5. The van der Waals surface area contributed by atoms with E-state index in [9.17, 15) is 4.39 Å². The fraction of sp³-hybridized carbons (Fsp3) is 0.250. The molecule has 2 aromatic carbocycles. The van der Waals surface area contributed by atoms with Gasteiger partial charge in [0.15, 0.2) is 0 Å². The first-order valence-electron chi connectivity index (χ1n) is 6.13. The highest BCUT2D eigenvalue weighted by atomic mass is 19.1. The highest BCUT2D eigenvalue weighted by Gasteiger charge is 2.20. The number of hydrogen-bond acceptors (Lipinski definition) is 1. The van der Waals surface area contributed by atoms with Crippen LogP contribution >= 0.6 is 0 Å². The second kappa shape index (κ2) is 5.21. The molecule has 0 spiro atoms. The van der Waals surface area contributed by atoms with E-state index in [-0.39, 0.29) is 11.2 Å². The second-order valence-electron chi connectivity index (χ2n) is 5.08. The Kier molecular flexibility index (Phi) is 3.66. The van der Waals surface area contributed by atoms with Gasteiger partial charge < -0.3 is 5.32 Å². The number of anilines is 1. The molecule has 0 saturated heterocycles. The first-order valence-corrected chi connectivity index (χ1v) is 6.13. The summed E-state index contributed by atoms with van der Waals surface area (Å²) in [6, 6.07) is 17.0. The highest BCUT2D eigenvalue weighted by Crippen LogP contribution is 2.24. The van der Waals surface area contributed by atoms with Gasteiger partial charge in [-0.3, -0.25) is 0 Å². The van der Waals surface area contributed by atoms with Gasteiger partial charge in [0.1, 0.15) is 5.82 Å². The molecular formula is C16H18FN. The summed E-state index contributed by atoms with van der Waals surface area (Å²) in [5.74, 6) is -0.207. The summed E-state index contributed by atoms with van der Waals surface area (Å²) in [6.07, 6.45) is 0. The number of nitrogens with one attached hydrogen (secondary N) is 1. The van der Waals surface area contributed by atoms with Gasteiger partial charge in [-0.15, -0.1) is 0 Å². The van der Waals surface area contributed by atoms with Crippen molar-refractivity contribution in [3.05, 3.63) is 66.0 Å². The van der Waals surface area contributed by atoms with Gasteiger partial charge in [-0.25, -0.2) is 4.39 Å². The van der Waals surface area contributed by atoms with Gasteiger partial charge in [0, 0.05) is 12.0 Å². The quantitative estimate of drug-likeness (QED) is 0.848. The number of benzene rings is 2. The van der Waals surface area contributed by atoms with Crippen LogP contribution in [-0.4, -0.2) is 6.54 Å². The first kappa shape index (κ1) is 12.6. The lowest BCUT2D eigenvalue weighted by Gasteiger charge is -2.26. The predicted molar refractivity (Wildman–Crippen MR) is 74.4 cm³/mol. The second-order valence-corrected chi connectivity index (χ2v) is 5.08. The lowest BCUT2D eigenvalue weighted by molar-refractivity contribution is 0.553. The van der Waals surface area contributed by atoms with Gasteiger partial charge in [0.05, 0.1) is 5.69 Å². The third kappa shape index (κ3) is 2.89. The van der Waals surface area contributed by atoms with Crippen LogP contribution in [0.25, 0.3) is 0 Å². The number of hydrogen-bond donors (Lipinski definition) is 1. The molecule has 0 aliphatic heterocycles. The average Bonchev–Trinajstić information content (AvgIpc) is 2.39. The number of halogens is 1. The molecule has 0 aliphatic rings. The third-order valence-corrected chi connectivity index (χ3v) is 3.15. The zero-order chi connectivity index (χ0) is 13.0. The minimum absolute atomic E-state index is 0.0382. The third-order valence-electron chi connectivity index (χ3n) is 3.15. The minimum Gasteiger partial charge on any atom is -0.382 e. The maximum atomic E-state index is 13.5. The standard InChI is InChI=1S/C16H18FN/c1-16(2,13-8-4-3-5-9-13)12-18-15-11-7-6-10-14(15)17/h3-11,18H,12H2,1-2H3. The van der Waals surface area contributed by atoms with Crippen LogP contribution in [0.5, 0.6) is 0 Å². The van der Waals surface area contributed by atoms with Gasteiger partial charge in [0.2, 0.25) is 0 Å².